The molecule has 28 heavy (non-hydrogen) atoms. The van der Waals surface area contributed by atoms with Crippen LogP contribution in [0.3, 0.4) is 0 Å². The predicted octanol–water partition coefficient (Wildman–Crippen LogP) is 5.82. The smallest absolute Gasteiger partial charge is 0.192 e. The monoisotopic (exact) mass is 424 g/mol. The Bertz CT molecular complexity index is 703. The van der Waals surface area contributed by atoms with Gasteiger partial charge < -0.3 is 19.8 Å². The van der Waals surface area contributed by atoms with Crippen LogP contribution in [0, 0.1) is 0 Å². The molecule has 0 saturated heterocycles. The normalized spacial score (nSPS) is 14.4. The second-order valence-electron chi connectivity index (χ2n) is 10.6. The molecule has 0 aliphatic heterocycles. The summed E-state index contributed by atoms with van der Waals surface area (Å²) in [6, 6.07) is 5.83. The van der Waals surface area contributed by atoms with Crippen LogP contribution in [0.2, 0.25) is 36.3 Å². The van der Waals surface area contributed by atoms with Gasteiger partial charge in [0.1, 0.15) is 0 Å². The Morgan fingerprint density at radius 3 is 1.71 bits per heavy atom. The average molecular weight is 425 g/mol. The largest absolute Gasteiger partial charge is 0.413 e. The number of nitrogens with two attached hydrogens (primary N) is 1. The van der Waals surface area contributed by atoms with Crippen molar-refractivity contribution in [2.75, 3.05) is 0 Å². The molecule has 160 valence electrons. The molecule has 0 atom stereocenters. The van der Waals surface area contributed by atoms with Crippen molar-refractivity contribution in [3.05, 3.63) is 34.9 Å². The van der Waals surface area contributed by atoms with Gasteiger partial charge in [-0.25, -0.2) is 0 Å². The van der Waals surface area contributed by atoms with Gasteiger partial charge >= 0.3 is 0 Å². The van der Waals surface area contributed by atoms with Crippen molar-refractivity contribution < 1.29 is 14.1 Å². The minimum Gasteiger partial charge on any atom is -0.413 e. The zero-order valence-electron chi connectivity index (χ0n) is 19.4. The van der Waals surface area contributed by atoms with Crippen LogP contribution in [-0.2, 0) is 22.1 Å². The van der Waals surface area contributed by atoms with E-state index < -0.39 is 16.6 Å². The van der Waals surface area contributed by atoms with E-state index in [2.05, 4.69) is 72.9 Å². The minimum atomic E-state index is -1.90. The SMILES string of the molecule is CC(C)(C)[Si](C)(C)OCc1ccc(C(N)=NO)cc1CO[Si](C)(C)C(C)(C)C. The summed E-state index contributed by atoms with van der Waals surface area (Å²) in [7, 11) is -3.76. The maximum Gasteiger partial charge on any atom is 0.192 e. The number of benzene rings is 1. The molecule has 1 rings (SSSR count). The molecule has 5 nitrogen and oxygen atoms in total. The number of amidine groups is 1. The summed E-state index contributed by atoms with van der Waals surface area (Å²) >= 11 is 0. The van der Waals surface area contributed by atoms with Crippen molar-refractivity contribution in [2.24, 2.45) is 10.9 Å². The Morgan fingerprint density at radius 1 is 0.893 bits per heavy atom. The first-order valence-electron chi connectivity index (χ1n) is 9.89. The molecule has 1 aromatic carbocycles. The molecule has 1 aromatic rings. The maximum absolute atomic E-state index is 9.03. The number of oxime groups is 1. The molecule has 0 fully saturated rings. The van der Waals surface area contributed by atoms with Crippen molar-refractivity contribution in [1.29, 1.82) is 0 Å². The fraction of sp³-hybridized carbons (Fsp3) is 0.667. The summed E-state index contributed by atoms with van der Waals surface area (Å²) in [5.41, 5.74) is 8.63. The van der Waals surface area contributed by atoms with Gasteiger partial charge in [-0.2, -0.15) is 0 Å². The van der Waals surface area contributed by atoms with Gasteiger partial charge in [-0.1, -0.05) is 58.8 Å². The number of hydrogen-bond acceptors (Lipinski definition) is 4. The Labute approximate surface area is 173 Å². The van der Waals surface area contributed by atoms with Gasteiger partial charge in [0.25, 0.3) is 0 Å². The van der Waals surface area contributed by atoms with Crippen LogP contribution in [0.1, 0.15) is 58.2 Å². The maximum atomic E-state index is 9.03. The van der Waals surface area contributed by atoms with Gasteiger partial charge in [-0.05, 0) is 53.5 Å². The Kier molecular flexibility index (Phi) is 7.72. The Hall–Kier alpha value is -1.16. The number of hydrogen-bond donors (Lipinski definition) is 2. The highest BCUT2D eigenvalue weighted by Crippen LogP contribution is 2.38. The lowest BCUT2D eigenvalue weighted by molar-refractivity contribution is 0.257. The van der Waals surface area contributed by atoms with Crippen LogP contribution in [0.4, 0.5) is 0 Å². The van der Waals surface area contributed by atoms with E-state index in [4.69, 9.17) is 19.8 Å². The van der Waals surface area contributed by atoms with Crippen molar-refractivity contribution in [2.45, 2.75) is 91.0 Å². The van der Waals surface area contributed by atoms with E-state index in [1.807, 2.05) is 18.2 Å². The molecule has 3 N–H and O–H groups in total. The number of nitrogens with zero attached hydrogens (tertiary/aromatic N) is 1. The van der Waals surface area contributed by atoms with Gasteiger partial charge in [-0.15, -0.1) is 0 Å². The first-order valence-corrected chi connectivity index (χ1v) is 15.7. The molecule has 0 spiro atoms. The van der Waals surface area contributed by atoms with E-state index in [9.17, 15) is 0 Å². The van der Waals surface area contributed by atoms with Crippen LogP contribution < -0.4 is 5.73 Å². The van der Waals surface area contributed by atoms with Gasteiger partial charge in [0.2, 0.25) is 0 Å². The van der Waals surface area contributed by atoms with Gasteiger partial charge in [0.15, 0.2) is 22.5 Å². The molecule has 0 amide bonds. The summed E-state index contributed by atoms with van der Waals surface area (Å²) < 4.78 is 12.9. The minimum absolute atomic E-state index is 0.102. The van der Waals surface area contributed by atoms with Crippen LogP contribution in [-0.4, -0.2) is 27.7 Å². The molecule has 0 heterocycles. The third kappa shape index (κ3) is 6.17. The molecular formula is C21H40N2O3Si2. The first-order chi connectivity index (χ1) is 12.5. The summed E-state index contributed by atoms with van der Waals surface area (Å²) in [4.78, 5) is 0. The van der Waals surface area contributed by atoms with E-state index >= 15 is 0 Å². The zero-order chi connectivity index (χ0) is 22.0. The van der Waals surface area contributed by atoms with E-state index in [0.717, 1.165) is 11.1 Å². The van der Waals surface area contributed by atoms with Crippen molar-refractivity contribution in [3.63, 3.8) is 0 Å². The highest BCUT2D eigenvalue weighted by molar-refractivity contribution is 6.74. The standard InChI is InChI=1S/C21H40N2O3Si2/c1-20(2,3)27(7,8)25-14-17-12-11-16(19(22)23-24)13-18(17)15-26-28(9,10)21(4,5)6/h11-13,24H,14-15H2,1-10H3,(H2,22,23). The highest BCUT2D eigenvalue weighted by atomic mass is 28.4. The van der Waals surface area contributed by atoms with Crippen molar-refractivity contribution in [1.82, 2.24) is 0 Å². The highest BCUT2D eigenvalue weighted by Gasteiger charge is 2.38. The fourth-order valence-electron chi connectivity index (χ4n) is 2.07. The molecule has 0 aliphatic rings. The van der Waals surface area contributed by atoms with Crippen LogP contribution >= 0.6 is 0 Å². The molecule has 0 aliphatic carbocycles. The summed E-state index contributed by atoms with van der Waals surface area (Å²) in [5, 5.41) is 12.5. The lowest BCUT2D eigenvalue weighted by atomic mass is 10.0. The zero-order valence-corrected chi connectivity index (χ0v) is 21.4. The summed E-state index contributed by atoms with van der Waals surface area (Å²) in [5.74, 6) is 0.102. The Balaban J connectivity index is 3.16. The van der Waals surface area contributed by atoms with E-state index in [1.54, 1.807) is 0 Å². The third-order valence-corrected chi connectivity index (χ3v) is 15.4. The van der Waals surface area contributed by atoms with Crippen LogP contribution in [0.15, 0.2) is 23.4 Å². The Morgan fingerprint density at radius 2 is 1.32 bits per heavy atom. The molecular weight excluding hydrogens is 384 g/mol. The van der Waals surface area contributed by atoms with E-state index in [0.29, 0.717) is 18.8 Å². The quantitative estimate of drug-likeness (QED) is 0.190. The van der Waals surface area contributed by atoms with Crippen LogP contribution in [0.5, 0.6) is 0 Å². The third-order valence-electron chi connectivity index (χ3n) is 6.40. The lowest BCUT2D eigenvalue weighted by Gasteiger charge is -2.37. The summed E-state index contributed by atoms with van der Waals surface area (Å²) in [6.07, 6.45) is 0. The topological polar surface area (TPSA) is 77.1 Å². The van der Waals surface area contributed by atoms with Crippen molar-refractivity contribution >= 4 is 22.5 Å². The molecule has 0 unspecified atom stereocenters. The van der Waals surface area contributed by atoms with Gasteiger partial charge in [-0.3, -0.25) is 0 Å². The second kappa shape index (κ2) is 8.69. The van der Waals surface area contributed by atoms with Gasteiger partial charge in [0, 0.05) is 5.56 Å². The predicted molar refractivity (Wildman–Crippen MR) is 123 cm³/mol. The molecule has 0 saturated carbocycles. The average Bonchev–Trinajstić information content (AvgIpc) is 2.55. The molecule has 0 aromatic heterocycles. The lowest BCUT2D eigenvalue weighted by Crippen LogP contribution is -2.41. The fourth-order valence-corrected chi connectivity index (χ4v) is 3.97. The second-order valence-corrected chi connectivity index (χ2v) is 20.2. The van der Waals surface area contributed by atoms with Crippen LogP contribution in [0.25, 0.3) is 0 Å². The summed E-state index contributed by atoms with van der Waals surface area (Å²) in [6.45, 7) is 23.4. The van der Waals surface area contributed by atoms with E-state index in [-0.39, 0.29) is 15.9 Å². The first kappa shape index (κ1) is 24.9. The number of rotatable bonds is 7. The van der Waals surface area contributed by atoms with Crippen molar-refractivity contribution in [3.8, 4) is 0 Å². The molecule has 0 bridgehead atoms. The molecule has 0 radical (unpaired) electrons. The van der Waals surface area contributed by atoms with E-state index in [1.165, 1.54) is 0 Å². The molecule has 7 heteroatoms. The van der Waals surface area contributed by atoms with Gasteiger partial charge in [0.05, 0.1) is 13.2 Å².